The summed E-state index contributed by atoms with van der Waals surface area (Å²) in [5.41, 5.74) is 0.815. The smallest absolute Gasteiger partial charge is 0.390 e. The topological polar surface area (TPSA) is 41.9 Å². The molecule has 4 rings (SSSR count). The molecule has 1 amide bonds. The normalized spacial score (nSPS) is 15.6. The van der Waals surface area contributed by atoms with Gasteiger partial charge in [0.1, 0.15) is 11.6 Å². The minimum Gasteiger partial charge on any atom is -0.390 e. The summed E-state index contributed by atoms with van der Waals surface area (Å²) < 4.78 is 65.9. The van der Waals surface area contributed by atoms with Gasteiger partial charge in [-0.05, 0) is 48.0 Å². The minimum absolute atomic E-state index is 0.0252. The first-order valence-corrected chi connectivity index (χ1v) is 10.4. The van der Waals surface area contributed by atoms with Gasteiger partial charge in [-0.3, -0.25) is 4.79 Å². The molecule has 0 bridgehead atoms. The van der Waals surface area contributed by atoms with Gasteiger partial charge in [0.2, 0.25) is 0 Å². The van der Waals surface area contributed by atoms with Crippen molar-refractivity contribution in [3.63, 3.8) is 0 Å². The highest BCUT2D eigenvalue weighted by molar-refractivity contribution is 6.01. The predicted octanol–water partition coefficient (Wildman–Crippen LogP) is 5.82. The van der Waals surface area contributed by atoms with Crippen LogP contribution < -0.4 is 0 Å². The largest absolute Gasteiger partial charge is 0.416 e. The number of carbonyl (C=O) groups is 1. The maximum Gasteiger partial charge on any atom is 0.416 e. The van der Waals surface area contributed by atoms with Crippen LogP contribution in [0.15, 0.2) is 78.0 Å². The molecule has 1 atom stereocenters. The summed E-state index contributed by atoms with van der Waals surface area (Å²) >= 11 is 0. The van der Waals surface area contributed by atoms with Crippen molar-refractivity contribution in [3.8, 4) is 0 Å². The van der Waals surface area contributed by atoms with E-state index in [2.05, 4.69) is 5.16 Å². The Balaban J connectivity index is 1.53. The third kappa shape index (κ3) is 5.59. The molecule has 1 aliphatic rings. The van der Waals surface area contributed by atoms with Crippen molar-refractivity contribution in [1.29, 1.82) is 0 Å². The van der Waals surface area contributed by atoms with E-state index in [1.54, 1.807) is 12.1 Å². The number of oxime groups is 1. The van der Waals surface area contributed by atoms with Crippen molar-refractivity contribution in [1.82, 2.24) is 4.90 Å². The van der Waals surface area contributed by atoms with Gasteiger partial charge in [0.15, 0.2) is 6.10 Å². The summed E-state index contributed by atoms with van der Waals surface area (Å²) in [5.74, 6) is -1.52. The van der Waals surface area contributed by atoms with Crippen molar-refractivity contribution < 1.29 is 31.6 Å². The molecular formula is C25H19F5N2O2. The Bertz CT molecular complexity index is 1210. The van der Waals surface area contributed by atoms with Crippen LogP contribution in [0.3, 0.4) is 0 Å². The zero-order valence-corrected chi connectivity index (χ0v) is 17.7. The number of amides is 1. The minimum atomic E-state index is -4.47. The van der Waals surface area contributed by atoms with Crippen LogP contribution in [-0.2, 0) is 17.6 Å². The lowest BCUT2D eigenvalue weighted by Crippen LogP contribution is -2.37. The SMILES string of the molecule is O=C(c1cccc(F)c1)N(Cc1ccc(C(F)(F)F)cc1)CC1CC(c2cccc(F)c2)=NO1. The van der Waals surface area contributed by atoms with Crippen LogP contribution in [0.1, 0.15) is 33.5 Å². The first-order chi connectivity index (χ1) is 16.2. The first kappa shape index (κ1) is 23.4. The third-order valence-electron chi connectivity index (χ3n) is 5.33. The van der Waals surface area contributed by atoms with Crippen LogP contribution in [0.25, 0.3) is 0 Å². The van der Waals surface area contributed by atoms with Crippen LogP contribution in [0.2, 0.25) is 0 Å². The van der Waals surface area contributed by atoms with E-state index in [1.807, 2.05) is 0 Å². The molecule has 176 valence electrons. The van der Waals surface area contributed by atoms with E-state index in [0.717, 1.165) is 18.2 Å². The van der Waals surface area contributed by atoms with Gasteiger partial charge < -0.3 is 9.74 Å². The Kier molecular flexibility index (Phi) is 6.63. The molecule has 0 N–H and O–H groups in total. The second-order valence-electron chi connectivity index (χ2n) is 7.87. The van der Waals surface area contributed by atoms with Gasteiger partial charge in [-0.25, -0.2) is 8.78 Å². The van der Waals surface area contributed by atoms with Crippen LogP contribution >= 0.6 is 0 Å². The molecule has 9 heteroatoms. The molecule has 3 aromatic rings. The number of hydrogen-bond donors (Lipinski definition) is 0. The van der Waals surface area contributed by atoms with Crippen molar-refractivity contribution in [2.75, 3.05) is 6.54 Å². The van der Waals surface area contributed by atoms with Crippen molar-refractivity contribution in [3.05, 3.63) is 107 Å². The van der Waals surface area contributed by atoms with Crippen LogP contribution in [0.4, 0.5) is 22.0 Å². The highest BCUT2D eigenvalue weighted by Gasteiger charge is 2.31. The molecule has 1 unspecified atom stereocenters. The van der Waals surface area contributed by atoms with Gasteiger partial charge in [-0.1, -0.05) is 35.5 Å². The molecule has 0 radical (unpaired) electrons. The van der Waals surface area contributed by atoms with E-state index in [-0.39, 0.29) is 18.7 Å². The van der Waals surface area contributed by atoms with E-state index < -0.39 is 35.4 Å². The van der Waals surface area contributed by atoms with Crippen molar-refractivity contribution >= 4 is 11.6 Å². The summed E-state index contributed by atoms with van der Waals surface area (Å²) in [6.45, 7) is 0.0152. The standard InChI is InChI=1S/C25H19F5N2O2/c26-20-5-1-3-17(11-20)23-13-22(34-31-23)15-32(24(33)18-4-2-6-21(27)12-18)14-16-7-9-19(10-8-16)25(28,29)30/h1-12,22H,13-15H2. The van der Waals surface area contributed by atoms with Crippen LogP contribution in [0.5, 0.6) is 0 Å². The lowest BCUT2D eigenvalue weighted by atomic mass is 10.0. The van der Waals surface area contributed by atoms with Gasteiger partial charge in [0.25, 0.3) is 5.91 Å². The highest BCUT2D eigenvalue weighted by Crippen LogP contribution is 2.29. The summed E-state index contributed by atoms with van der Waals surface area (Å²) in [6.07, 6.45) is -4.74. The summed E-state index contributed by atoms with van der Waals surface area (Å²) in [6, 6.07) is 15.5. The number of carbonyl (C=O) groups excluding carboxylic acids is 1. The van der Waals surface area contributed by atoms with Gasteiger partial charge in [0.05, 0.1) is 17.8 Å². The molecule has 1 aliphatic heterocycles. The molecule has 0 saturated heterocycles. The Morgan fingerprint density at radius 2 is 1.65 bits per heavy atom. The molecule has 0 aliphatic carbocycles. The van der Waals surface area contributed by atoms with E-state index in [0.29, 0.717) is 23.3 Å². The number of hydrogen-bond acceptors (Lipinski definition) is 3. The van der Waals surface area contributed by atoms with Gasteiger partial charge in [-0.2, -0.15) is 13.2 Å². The van der Waals surface area contributed by atoms with Gasteiger partial charge >= 0.3 is 6.18 Å². The number of benzene rings is 3. The fourth-order valence-corrected chi connectivity index (χ4v) is 3.65. The molecule has 4 nitrogen and oxygen atoms in total. The zero-order chi connectivity index (χ0) is 24.3. The first-order valence-electron chi connectivity index (χ1n) is 10.4. The lowest BCUT2D eigenvalue weighted by Gasteiger charge is -2.25. The van der Waals surface area contributed by atoms with Crippen LogP contribution in [-0.4, -0.2) is 29.2 Å². The van der Waals surface area contributed by atoms with E-state index in [1.165, 1.54) is 47.4 Å². The summed E-state index contributed by atoms with van der Waals surface area (Å²) in [7, 11) is 0. The predicted molar refractivity (Wildman–Crippen MR) is 115 cm³/mol. The molecule has 34 heavy (non-hydrogen) atoms. The number of alkyl halides is 3. The Hall–Kier alpha value is -3.75. The van der Waals surface area contributed by atoms with Crippen LogP contribution in [0, 0.1) is 11.6 Å². The zero-order valence-electron chi connectivity index (χ0n) is 17.7. The second-order valence-corrected chi connectivity index (χ2v) is 7.87. The highest BCUT2D eigenvalue weighted by atomic mass is 19.4. The number of rotatable bonds is 6. The Morgan fingerprint density at radius 1 is 0.971 bits per heavy atom. The van der Waals surface area contributed by atoms with Crippen molar-refractivity contribution in [2.45, 2.75) is 25.2 Å². The number of nitrogens with zero attached hydrogens (tertiary/aromatic N) is 2. The van der Waals surface area contributed by atoms with E-state index in [4.69, 9.17) is 4.84 Å². The molecule has 0 spiro atoms. The molecule has 0 saturated carbocycles. The average molecular weight is 474 g/mol. The lowest BCUT2D eigenvalue weighted by molar-refractivity contribution is -0.137. The maximum absolute atomic E-state index is 13.7. The summed E-state index contributed by atoms with van der Waals surface area (Å²) in [5, 5.41) is 4.00. The van der Waals surface area contributed by atoms with E-state index in [9.17, 15) is 26.7 Å². The molecule has 0 fully saturated rings. The third-order valence-corrected chi connectivity index (χ3v) is 5.33. The Morgan fingerprint density at radius 3 is 2.29 bits per heavy atom. The monoisotopic (exact) mass is 474 g/mol. The fourth-order valence-electron chi connectivity index (χ4n) is 3.65. The van der Waals surface area contributed by atoms with Gasteiger partial charge in [-0.15, -0.1) is 0 Å². The molecule has 0 aromatic heterocycles. The van der Waals surface area contributed by atoms with Gasteiger partial charge in [0, 0.05) is 24.1 Å². The molecular weight excluding hydrogens is 455 g/mol. The average Bonchev–Trinajstić information content (AvgIpc) is 3.26. The maximum atomic E-state index is 13.7. The molecule has 1 heterocycles. The number of halogens is 5. The quantitative estimate of drug-likeness (QED) is 0.423. The fraction of sp³-hybridized carbons (Fsp3) is 0.200. The Labute approximate surface area is 192 Å². The van der Waals surface area contributed by atoms with Crippen molar-refractivity contribution in [2.24, 2.45) is 5.16 Å². The molecule has 3 aromatic carbocycles. The van der Waals surface area contributed by atoms with E-state index >= 15 is 0 Å². The second kappa shape index (κ2) is 9.62. The summed E-state index contributed by atoms with van der Waals surface area (Å²) in [4.78, 5) is 20.0.